The Kier molecular flexibility index (Phi) is 3.77. The number of hydrogen-bond acceptors (Lipinski definition) is 2. The molecule has 96 valence electrons. The molecule has 0 amide bonds. The molecule has 2 rings (SSSR count). The number of benzene rings is 1. The molecule has 1 atom stereocenters. The third-order valence-electron chi connectivity index (χ3n) is 3.07. The van der Waals surface area contributed by atoms with E-state index in [-0.39, 0.29) is 11.9 Å². The van der Waals surface area contributed by atoms with Crippen molar-refractivity contribution in [2.75, 3.05) is 6.54 Å². The van der Waals surface area contributed by atoms with Gasteiger partial charge in [-0.05, 0) is 38.1 Å². The van der Waals surface area contributed by atoms with Gasteiger partial charge in [-0.1, -0.05) is 13.0 Å². The van der Waals surface area contributed by atoms with Crippen LogP contribution in [0.1, 0.15) is 31.3 Å². The van der Waals surface area contributed by atoms with Gasteiger partial charge in [-0.15, -0.1) is 0 Å². The first-order valence-electron chi connectivity index (χ1n) is 6.16. The normalized spacial score (nSPS) is 12.7. The number of nitrogens with one attached hydrogen (secondary N) is 1. The van der Waals surface area contributed by atoms with Crippen LogP contribution in [0.2, 0.25) is 0 Å². The highest BCUT2D eigenvalue weighted by Gasteiger charge is 2.10. The molecule has 0 saturated carbocycles. The SMILES string of the molecule is CCNC(C)c1ccc(-n2ccnc2C)c(F)c1. The van der Waals surface area contributed by atoms with Gasteiger partial charge in [0.15, 0.2) is 0 Å². The summed E-state index contributed by atoms with van der Waals surface area (Å²) < 4.78 is 15.9. The molecule has 0 fully saturated rings. The van der Waals surface area contributed by atoms with Crippen molar-refractivity contribution in [1.29, 1.82) is 0 Å². The summed E-state index contributed by atoms with van der Waals surface area (Å²) in [5.41, 5.74) is 1.49. The maximum atomic E-state index is 14.1. The van der Waals surface area contributed by atoms with Crippen LogP contribution in [0.3, 0.4) is 0 Å². The Bertz CT molecular complexity index is 534. The lowest BCUT2D eigenvalue weighted by molar-refractivity contribution is 0.579. The van der Waals surface area contributed by atoms with E-state index in [9.17, 15) is 4.39 Å². The zero-order chi connectivity index (χ0) is 13.1. The molecule has 0 bridgehead atoms. The number of hydrogen-bond donors (Lipinski definition) is 1. The van der Waals surface area contributed by atoms with E-state index in [0.29, 0.717) is 5.69 Å². The molecule has 0 aliphatic heterocycles. The lowest BCUT2D eigenvalue weighted by Gasteiger charge is -2.14. The van der Waals surface area contributed by atoms with Gasteiger partial charge in [-0.25, -0.2) is 9.37 Å². The standard InChI is InChI=1S/C14H18FN3/c1-4-16-10(2)12-5-6-14(13(15)9-12)18-8-7-17-11(18)3/h5-10,16H,4H2,1-3H3. The van der Waals surface area contributed by atoms with E-state index in [1.165, 1.54) is 0 Å². The minimum Gasteiger partial charge on any atom is -0.310 e. The smallest absolute Gasteiger partial charge is 0.147 e. The zero-order valence-electron chi connectivity index (χ0n) is 10.9. The highest BCUT2D eigenvalue weighted by molar-refractivity contribution is 5.38. The fourth-order valence-electron chi connectivity index (χ4n) is 2.04. The first-order valence-corrected chi connectivity index (χ1v) is 6.16. The Hall–Kier alpha value is -1.68. The van der Waals surface area contributed by atoms with Crippen LogP contribution in [0.25, 0.3) is 5.69 Å². The molecule has 1 unspecified atom stereocenters. The molecule has 1 aromatic carbocycles. The van der Waals surface area contributed by atoms with Crippen molar-refractivity contribution in [2.45, 2.75) is 26.8 Å². The lowest BCUT2D eigenvalue weighted by atomic mass is 10.1. The molecule has 2 aromatic rings. The van der Waals surface area contributed by atoms with E-state index in [1.807, 2.05) is 26.8 Å². The first-order chi connectivity index (χ1) is 8.63. The number of halogens is 1. The predicted octanol–water partition coefficient (Wildman–Crippen LogP) is 2.99. The van der Waals surface area contributed by atoms with Crippen LogP contribution in [0, 0.1) is 12.7 Å². The molecule has 0 saturated heterocycles. The largest absolute Gasteiger partial charge is 0.310 e. The lowest BCUT2D eigenvalue weighted by Crippen LogP contribution is -2.18. The molecule has 0 aliphatic carbocycles. The molecule has 0 aliphatic rings. The Balaban J connectivity index is 2.34. The predicted molar refractivity (Wildman–Crippen MR) is 70.4 cm³/mol. The highest BCUT2D eigenvalue weighted by atomic mass is 19.1. The van der Waals surface area contributed by atoms with Gasteiger partial charge in [-0.3, -0.25) is 0 Å². The minimum absolute atomic E-state index is 0.155. The molecule has 1 N–H and O–H groups in total. The summed E-state index contributed by atoms with van der Waals surface area (Å²) in [5, 5.41) is 3.27. The van der Waals surface area contributed by atoms with Crippen molar-refractivity contribution in [3.63, 3.8) is 0 Å². The van der Waals surface area contributed by atoms with Crippen LogP contribution in [-0.2, 0) is 0 Å². The molecule has 0 spiro atoms. The van der Waals surface area contributed by atoms with Gasteiger partial charge >= 0.3 is 0 Å². The van der Waals surface area contributed by atoms with Crippen molar-refractivity contribution in [2.24, 2.45) is 0 Å². The van der Waals surface area contributed by atoms with Crippen molar-refractivity contribution < 1.29 is 4.39 Å². The molecule has 1 heterocycles. The third-order valence-corrected chi connectivity index (χ3v) is 3.07. The number of aromatic nitrogens is 2. The quantitative estimate of drug-likeness (QED) is 0.900. The summed E-state index contributed by atoms with van der Waals surface area (Å²) in [6, 6.07) is 5.49. The van der Waals surface area contributed by atoms with Crippen LogP contribution in [0.4, 0.5) is 4.39 Å². The fraction of sp³-hybridized carbons (Fsp3) is 0.357. The second kappa shape index (κ2) is 5.31. The van der Waals surface area contributed by atoms with E-state index in [1.54, 1.807) is 29.1 Å². The van der Waals surface area contributed by atoms with E-state index in [4.69, 9.17) is 0 Å². The molecular formula is C14H18FN3. The van der Waals surface area contributed by atoms with Gasteiger partial charge < -0.3 is 9.88 Å². The van der Waals surface area contributed by atoms with Gasteiger partial charge in [0.25, 0.3) is 0 Å². The van der Waals surface area contributed by atoms with Crippen molar-refractivity contribution in [3.05, 3.63) is 47.8 Å². The van der Waals surface area contributed by atoms with E-state index in [2.05, 4.69) is 10.3 Å². The summed E-state index contributed by atoms with van der Waals surface area (Å²) in [7, 11) is 0. The van der Waals surface area contributed by atoms with Gasteiger partial charge in [0, 0.05) is 18.4 Å². The highest BCUT2D eigenvalue weighted by Crippen LogP contribution is 2.20. The monoisotopic (exact) mass is 247 g/mol. The molecule has 3 nitrogen and oxygen atoms in total. The molecule has 1 aromatic heterocycles. The first kappa shape index (κ1) is 12.8. The zero-order valence-corrected chi connectivity index (χ0v) is 10.9. The average Bonchev–Trinajstić information content (AvgIpc) is 2.75. The molecule has 4 heteroatoms. The molecular weight excluding hydrogens is 229 g/mol. The fourth-order valence-corrected chi connectivity index (χ4v) is 2.04. The van der Waals surface area contributed by atoms with Crippen molar-refractivity contribution >= 4 is 0 Å². The average molecular weight is 247 g/mol. The summed E-state index contributed by atoms with van der Waals surface area (Å²) in [5.74, 6) is 0.555. The Labute approximate surface area is 107 Å². The van der Waals surface area contributed by atoms with E-state index >= 15 is 0 Å². The second-order valence-electron chi connectivity index (χ2n) is 4.33. The number of rotatable bonds is 4. The summed E-state index contributed by atoms with van der Waals surface area (Å²) >= 11 is 0. The van der Waals surface area contributed by atoms with Crippen LogP contribution >= 0.6 is 0 Å². The molecule has 0 radical (unpaired) electrons. The Morgan fingerprint density at radius 3 is 2.78 bits per heavy atom. The number of imidazole rings is 1. The maximum Gasteiger partial charge on any atom is 0.147 e. The second-order valence-corrected chi connectivity index (χ2v) is 4.33. The topological polar surface area (TPSA) is 29.9 Å². The third kappa shape index (κ3) is 2.43. The number of nitrogens with zero attached hydrogens (tertiary/aromatic N) is 2. The van der Waals surface area contributed by atoms with E-state index in [0.717, 1.165) is 17.9 Å². The van der Waals surface area contributed by atoms with Crippen LogP contribution in [-0.4, -0.2) is 16.1 Å². The van der Waals surface area contributed by atoms with Crippen LogP contribution in [0.5, 0.6) is 0 Å². The van der Waals surface area contributed by atoms with E-state index < -0.39 is 0 Å². The summed E-state index contributed by atoms with van der Waals surface area (Å²) in [6.45, 7) is 6.79. The minimum atomic E-state index is -0.224. The molecule has 18 heavy (non-hydrogen) atoms. The summed E-state index contributed by atoms with van der Waals surface area (Å²) in [4.78, 5) is 4.11. The van der Waals surface area contributed by atoms with Gasteiger partial charge in [0.05, 0.1) is 5.69 Å². The Morgan fingerprint density at radius 1 is 1.44 bits per heavy atom. The maximum absolute atomic E-state index is 14.1. The van der Waals surface area contributed by atoms with Crippen molar-refractivity contribution in [1.82, 2.24) is 14.9 Å². The van der Waals surface area contributed by atoms with Gasteiger partial charge in [0.2, 0.25) is 0 Å². The van der Waals surface area contributed by atoms with Gasteiger partial charge in [-0.2, -0.15) is 0 Å². The van der Waals surface area contributed by atoms with Crippen LogP contribution < -0.4 is 5.32 Å². The van der Waals surface area contributed by atoms with Gasteiger partial charge in [0.1, 0.15) is 11.6 Å². The van der Waals surface area contributed by atoms with Crippen LogP contribution in [0.15, 0.2) is 30.6 Å². The summed E-state index contributed by atoms with van der Waals surface area (Å²) in [6.07, 6.45) is 3.44. The Morgan fingerprint density at radius 2 is 2.22 bits per heavy atom. The number of aryl methyl sites for hydroxylation is 1. The van der Waals surface area contributed by atoms with Crippen molar-refractivity contribution in [3.8, 4) is 5.69 Å².